The zero-order valence-electron chi connectivity index (χ0n) is 15.8. The highest BCUT2D eigenvalue weighted by atomic mass is 16.5. The quantitative estimate of drug-likeness (QED) is 0.745. The predicted molar refractivity (Wildman–Crippen MR) is 102 cm³/mol. The Morgan fingerprint density at radius 1 is 1.32 bits per heavy atom. The van der Waals surface area contributed by atoms with Crippen LogP contribution >= 0.6 is 0 Å². The van der Waals surface area contributed by atoms with Gasteiger partial charge >= 0.3 is 0 Å². The molecular weight excluding hydrogens is 358 g/mol. The van der Waals surface area contributed by atoms with Crippen molar-refractivity contribution in [1.82, 2.24) is 25.0 Å². The number of aryl methyl sites for hydroxylation is 1. The average molecular weight is 379 g/mol. The summed E-state index contributed by atoms with van der Waals surface area (Å²) < 4.78 is 6.87. The topological polar surface area (TPSA) is 103 Å². The Hall–Kier alpha value is -3.29. The number of hydrogen-bond acceptors (Lipinski definition) is 6. The monoisotopic (exact) mass is 379 g/mol. The fourth-order valence-electron chi connectivity index (χ4n) is 3.51. The summed E-state index contributed by atoms with van der Waals surface area (Å²) in [6.07, 6.45) is 7.19. The van der Waals surface area contributed by atoms with E-state index in [-0.39, 0.29) is 17.0 Å². The summed E-state index contributed by atoms with van der Waals surface area (Å²) >= 11 is 0. The fourth-order valence-corrected chi connectivity index (χ4v) is 3.51. The summed E-state index contributed by atoms with van der Waals surface area (Å²) in [6.45, 7) is 1.74. The molecule has 0 fully saturated rings. The second-order valence-electron chi connectivity index (χ2n) is 6.99. The fraction of sp³-hybridized carbons (Fsp3) is 0.350. The van der Waals surface area contributed by atoms with Crippen LogP contribution < -0.4 is 10.9 Å². The Balaban J connectivity index is 1.55. The summed E-state index contributed by atoms with van der Waals surface area (Å²) in [7, 11) is 1.73. The van der Waals surface area contributed by atoms with E-state index in [1.54, 1.807) is 43.1 Å². The predicted octanol–water partition coefficient (Wildman–Crippen LogP) is 2.20. The first-order valence-corrected chi connectivity index (χ1v) is 9.31. The largest absolute Gasteiger partial charge is 0.340 e. The van der Waals surface area contributed by atoms with Crippen molar-refractivity contribution in [3.63, 3.8) is 0 Å². The summed E-state index contributed by atoms with van der Waals surface area (Å²) in [5, 5.41) is 6.72. The van der Waals surface area contributed by atoms with Gasteiger partial charge in [-0.3, -0.25) is 14.6 Å². The number of hydrogen-bond donors (Lipinski definition) is 1. The maximum Gasteiger partial charge on any atom is 0.263 e. The molecule has 3 heterocycles. The first-order valence-electron chi connectivity index (χ1n) is 9.31. The molecule has 144 valence electrons. The minimum absolute atomic E-state index is 0.141. The van der Waals surface area contributed by atoms with Crippen molar-refractivity contribution >= 4 is 5.91 Å². The maximum absolute atomic E-state index is 12.7. The van der Waals surface area contributed by atoms with E-state index in [1.807, 2.05) is 6.07 Å². The van der Waals surface area contributed by atoms with Gasteiger partial charge in [0.05, 0.1) is 0 Å². The van der Waals surface area contributed by atoms with Crippen LogP contribution in [0.4, 0.5) is 0 Å². The standard InChI is InChI=1S/C20H21N5O3/c1-12(19-23-17(24-28-19)14-7-5-9-21-11-14)22-18(26)15-10-13-6-3-4-8-16(13)25(2)20(15)27/h5,7,9-12H,3-4,6,8H2,1-2H3,(H,22,26)/t12-/m1/s1. The Morgan fingerprint density at radius 2 is 2.14 bits per heavy atom. The number of carbonyl (C=O) groups is 1. The first kappa shape index (κ1) is 18.1. The van der Waals surface area contributed by atoms with Gasteiger partial charge in [-0.2, -0.15) is 4.98 Å². The van der Waals surface area contributed by atoms with Crippen molar-refractivity contribution in [1.29, 1.82) is 0 Å². The van der Waals surface area contributed by atoms with Crippen LogP contribution in [0.25, 0.3) is 11.4 Å². The molecule has 8 heteroatoms. The van der Waals surface area contributed by atoms with E-state index in [1.165, 1.54) is 0 Å². The van der Waals surface area contributed by atoms with E-state index in [0.717, 1.165) is 42.5 Å². The van der Waals surface area contributed by atoms with Crippen molar-refractivity contribution in [2.45, 2.75) is 38.6 Å². The average Bonchev–Trinajstić information content (AvgIpc) is 3.22. The number of aromatic nitrogens is 4. The van der Waals surface area contributed by atoms with Crippen molar-refractivity contribution < 1.29 is 9.32 Å². The molecule has 8 nitrogen and oxygen atoms in total. The van der Waals surface area contributed by atoms with E-state index in [0.29, 0.717) is 5.82 Å². The van der Waals surface area contributed by atoms with Crippen LogP contribution in [0, 0.1) is 0 Å². The summed E-state index contributed by atoms with van der Waals surface area (Å²) in [4.78, 5) is 33.7. The lowest BCUT2D eigenvalue weighted by atomic mass is 9.94. The second-order valence-corrected chi connectivity index (χ2v) is 6.99. The van der Waals surface area contributed by atoms with Gasteiger partial charge < -0.3 is 14.4 Å². The number of nitrogens with zero attached hydrogens (tertiary/aromatic N) is 4. The Bertz CT molecular complexity index is 1070. The molecule has 0 radical (unpaired) electrons. The molecule has 1 atom stereocenters. The number of carbonyl (C=O) groups excluding carboxylic acids is 1. The molecule has 0 spiro atoms. The van der Waals surface area contributed by atoms with E-state index in [4.69, 9.17) is 4.52 Å². The van der Waals surface area contributed by atoms with Gasteiger partial charge in [-0.25, -0.2) is 0 Å². The van der Waals surface area contributed by atoms with Crippen LogP contribution in [-0.4, -0.2) is 25.6 Å². The Labute approximate surface area is 161 Å². The van der Waals surface area contributed by atoms with Gasteiger partial charge in [0.2, 0.25) is 11.7 Å². The lowest BCUT2D eigenvalue weighted by Gasteiger charge is -2.20. The number of fused-ring (bicyclic) bond motifs is 1. The van der Waals surface area contributed by atoms with E-state index in [9.17, 15) is 9.59 Å². The minimum Gasteiger partial charge on any atom is -0.340 e. The second kappa shape index (κ2) is 7.38. The van der Waals surface area contributed by atoms with Crippen LogP contribution in [0.15, 0.2) is 39.9 Å². The van der Waals surface area contributed by atoms with Crippen LogP contribution in [-0.2, 0) is 19.9 Å². The number of pyridine rings is 2. The van der Waals surface area contributed by atoms with Crippen LogP contribution in [0.1, 0.15) is 53.3 Å². The number of amides is 1. The normalized spacial score (nSPS) is 14.4. The van der Waals surface area contributed by atoms with Crippen LogP contribution in [0.5, 0.6) is 0 Å². The van der Waals surface area contributed by atoms with E-state index < -0.39 is 11.9 Å². The molecular formula is C20H21N5O3. The first-order chi connectivity index (χ1) is 13.5. The maximum atomic E-state index is 12.7. The van der Waals surface area contributed by atoms with Gasteiger partial charge in [0.15, 0.2) is 0 Å². The van der Waals surface area contributed by atoms with Gasteiger partial charge in [0.1, 0.15) is 11.6 Å². The van der Waals surface area contributed by atoms with Gasteiger partial charge in [-0.1, -0.05) is 5.16 Å². The summed E-state index contributed by atoms with van der Waals surface area (Å²) in [5.74, 6) is 0.221. The van der Waals surface area contributed by atoms with E-state index >= 15 is 0 Å². The van der Waals surface area contributed by atoms with Gasteiger partial charge in [-0.15, -0.1) is 0 Å². The van der Waals surface area contributed by atoms with Gasteiger partial charge in [-0.05, 0) is 56.4 Å². The number of rotatable bonds is 4. The molecule has 0 saturated heterocycles. The van der Waals surface area contributed by atoms with Crippen molar-refractivity contribution in [3.8, 4) is 11.4 Å². The molecule has 0 aliphatic heterocycles. The molecule has 1 N–H and O–H groups in total. The van der Waals surface area contributed by atoms with Gasteiger partial charge in [0.25, 0.3) is 11.5 Å². The van der Waals surface area contributed by atoms with E-state index in [2.05, 4.69) is 20.4 Å². The molecule has 4 rings (SSSR count). The smallest absolute Gasteiger partial charge is 0.263 e. The van der Waals surface area contributed by atoms with Crippen LogP contribution in [0.3, 0.4) is 0 Å². The highest BCUT2D eigenvalue weighted by Crippen LogP contribution is 2.21. The number of nitrogens with one attached hydrogen (secondary N) is 1. The lowest BCUT2D eigenvalue weighted by molar-refractivity contribution is 0.0930. The molecule has 0 unspecified atom stereocenters. The highest BCUT2D eigenvalue weighted by Gasteiger charge is 2.23. The van der Waals surface area contributed by atoms with Crippen molar-refractivity contribution in [3.05, 3.63) is 63.7 Å². The van der Waals surface area contributed by atoms with Crippen molar-refractivity contribution in [2.75, 3.05) is 0 Å². The molecule has 3 aromatic rings. The minimum atomic E-state index is -0.536. The third-order valence-corrected chi connectivity index (χ3v) is 5.06. The SMILES string of the molecule is C[C@@H](NC(=O)c1cc2c(n(C)c1=O)CCCC2)c1nc(-c2cccnc2)no1. The molecule has 0 bridgehead atoms. The third kappa shape index (κ3) is 3.33. The lowest BCUT2D eigenvalue weighted by Crippen LogP contribution is -2.35. The molecule has 0 aromatic carbocycles. The molecule has 28 heavy (non-hydrogen) atoms. The Kier molecular flexibility index (Phi) is 4.77. The molecule has 1 amide bonds. The van der Waals surface area contributed by atoms with Gasteiger partial charge in [0, 0.05) is 30.7 Å². The molecule has 1 aliphatic carbocycles. The van der Waals surface area contributed by atoms with Crippen LogP contribution in [0.2, 0.25) is 0 Å². The summed E-state index contributed by atoms with van der Waals surface area (Å²) in [6, 6.07) is 4.80. The summed E-state index contributed by atoms with van der Waals surface area (Å²) in [5.41, 5.74) is 2.68. The highest BCUT2D eigenvalue weighted by molar-refractivity contribution is 5.94. The molecule has 3 aromatic heterocycles. The Morgan fingerprint density at radius 3 is 2.93 bits per heavy atom. The molecule has 1 aliphatic rings. The third-order valence-electron chi connectivity index (χ3n) is 5.06. The molecule has 0 saturated carbocycles. The zero-order valence-corrected chi connectivity index (χ0v) is 15.8. The van der Waals surface area contributed by atoms with Crippen molar-refractivity contribution in [2.24, 2.45) is 7.05 Å². The zero-order chi connectivity index (χ0) is 19.7.